The number of amides is 1. The van der Waals surface area contributed by atoms with E-state index < -0.39 is 23.6 Å². The SMILES string of the molecule is Cc1oc(-c2ccc(C(F)(F)F)cc2)cc1C(=O)Nc1cccc(C(=O)O)c1. The first-order chi connectivity index (χ1) is 13.1. The fourth-order valence-electron chi connectivity index (χ4n) is 2.60. The van der Waals surface area contributed by atoms with Gasteiger partial charge in [0.05, 0.1) is 16.7 Å². The lowest BCUT2D eigenvalue weighted by molar-refractivity contribution is -0.137. The molecule has 3 aromatic rings. The van der Waals surface area contributed by atoms with Crippen molar-refractivity contribution in [1.82, 2.24) is 0 Å². The molecule has 0 aliphatic rings. The number of anilines is 1. The molecule has 1 heterocycles. The molecule has 0 aliphatic heterocycles. The lowest BCUT2D eigenvalue weighted by Gasteiger charge is -2.06. The van der Waals surface area contributed by atoms with Crippen LogP contribution in [0.3, 0.4) is 0 Å². The standard InChI is InChI=1S/C20H14F3NO4/c1-11-16(18(25)24-15-4-2-3-13(9-15)19(26)27)10-17(28-11)12-5-7-14(8-6-12)20(21,22)23/h2-10H,1H3,(H,24,25)(H,26,27). The van der Waals surface area contributed by atoms with Crippen LogP contribution in [0.2, 0.25) is 0 Å². The summed E-state index contributed by atoms with van der Waals surface area (Å²) >= 11 is 0. The Kier molecular flexibility index (Phi) is 4.96. The number of alkyl halides is 3. The van der Waals surface area contributed by atoms with E-state index in [0.29, 0.717) is 11.3 Å². The highest BCUT2D eigenvalue weighted by Crippen LogP contribution is 2.32. The van der Waals surface area contributed by atoms with E-state index in [2.05, 4.69) is 5.32 Å². The average molecular weight is 389 g/mol. The molecule has 0 atom stereocenters. The highest BCUT2D eigenvalue weighted by Gasteiger charge is 2.30. The highest BCUT2D eigenvalue weighted by atomic mass is 19.4. The summed E-state index contributed by atoms with van der Waals surface area (Å²) < 4.78 is 43.5. The van der Waals surface area contributed by atoms with E-state index in [1.54, 1.807) is 6.92 Å². The van der Waals surface area contributed by atoms with Crippen molar-refractivity contribution in [2.75, 3.05) is 5.32 Å². The third-order valence-corrected chi connectivity index (χ3v) is 4.03. The lowest BCUT2D eigenvalue weighted by atomic mass is 10.1. The molecule has 0 unspecified atom stereocenters. The first-order valence-electron chi connectivity index (χ1n) is 8.08. The minimum Gasteiger partial charge on any atom is -0.478 e. The van der Waals surface area contributed by atoms with Crippen LogP contribution in [0, 0.1) is 6.92 Å². The molecule has 0 fully saturated rings. The van der Waals surface area contributed by atoms with Crippen LogP contribution >= 0.6 is 0 Å². The quantitative estimate of drug-likeness (QED) is 0.641. The summed E-state index contributed by atoms with van der Waals surface area (Å²) in [6.07, 6.45) is -4.44. The highest BCUT2D eigenvalue weighted by molar-refractivity contribution is 6.06. The van der Waals surface area contributed by atoms with E-state index in [-0.39, 0.29) is 22.6 Å². The molecule has 2 aromatic carbocycles. The van der Waals surface area contributed by atoms with E-state index in [1.165, 1.54) is 42.5 Å². The van der Waals surface area contributed by atoms with Gasteiger partial charge in [0.2, 0.25) is 0 Å². The smallest absolute Gasteiger partial charge is 0.416 e. The van der Waals surface area contributed by atoms with Crippen molar-refractivity contribution >= 4 is 17.6 Å². The molecular weight excluding hydrogens is 375 g/mol. The van der Waals surface area contributed by atoms with Crippen molar-refractivity contribution in [3.63, 3.8) is 0 Å². The van der Waals surface area contributed by atoms with Gasteiger partial charge in [-0.05, 0) is 43.3 Å². The zero-order valence-corrected chi connectivity index (χ0v) is 14.5. The summed E-state index contributed by atoms with van der Waals surface area (Å²) in [5, 5.41) is 11.6. The van der Waals surface area contributed by atoms with Gasteiger partial charge in [0.1, 0.15) is 11.5 Å². The summed E-state index contributed by atoms with van der Waals surface area (Å²) in [5.74, 6) is -1.13. The molecular formula is C20H14F3NO4. The Bertz CT molecular complexity index is 1040. The van der Waals surface area contributed by atoms with Crippen LogP contribution in [0.15, 0.2) is 59.0 Å². The second-order valence-corrected chi connectivity index (χ2v) is 6.00. The second kappa shape index (κ2) is 7.22. The number of halogens is 3. The van der Waals surface area contributed by atoms with E-state index in [1.807, 2.05) is 0 Å². The number of aromatic carboxylic acids is 1. The number of aryl methyl sites for hydroxylation is 1. The molecule has 0 bridgehead atoms. The number of rotatable bonds is 4. The molecule has 2 N–H and O–H groups in total. The van der Waals surface area contributed by atoms with Crippen molar-refractivity contribution < 1.29 is 32.3 Å². The van der Waals surface area contributed by atoms with Gasteiger partial charge in [-0.2, -0.15) is 13.2 Å². The van der Waals surface area contributed by atoms with Crippen LogP contribution in [0.25, 0.3) is 11.3 Å². The first-order valence-corrected chi connectivity index (χ1v) is 8.08. The molecule has 8 heteroatoms. The van der Waals surface area contributed by atoms with E-state index in [0.717, 1.165) is 12.1 Å². The average Bonchev–Trinajstić information content (AvgIpc) is 3.03. The third-order valence-electron chi connectivity index (χ3n) is 4.03. The molecule has 0 saturated heterocycles. The normalized spacial score (nSPS) is 11.3. The van der Waals surface area contributed by atoms with Gasteiger partial charge in [0.15, 0.2) is 0 Å². The number of furan rings is 1. The Labute approximate surface area is 157 Å². The molecule has 5 nitrogen and oxygen atoms in total. The predicted octanol–water partition coefficient (Wildman–Crippen LogP) is 5.22. The van der Waals surface area contributed by atoms with Crippen molar-refractivity contribution in [3.8, 4) is 11.3 Å². The number of carboxylic acids is 1. The zero-order chi connectivity index (χ0) is 20.5. The summed E-state index contributed by atoms with van der Waals surface area (Å²) in [6, 6.07) is 11.6. The number of carboxylic acid groups (broad SMARTS) is 1. The maximum atomic E-state index is 12.7. The maximum absolute atomic E-state index is 12.7. The minimum absolute atomic E-state index is 0.0205. The molecule has 0 saturated carbocycles. The maximum Gasteiger partial charge on any atom is 0.416 e. The zero-order valence-electron chi connectivity index (χ0n) is 14.5. The topological polar surface area (TPSA) is 79.5 Å². The van der Waals surface area contributed by atoms with E-state index in [4.69, 9.17) is 9.52 Å². The summed E-state index contributed by atoms with van der Waals surface area (Å²) in [5.41, 5.74) is 0.114. The van der Waals surface area contributed by atoms with Crippen molar-refractivity contribution in [2.45, 2.75) is 13.1 Å². The summed E-state index contributed by atoms with van der Waals surface area (Å²) in [7, 11) is 0. The van der Waals surface area contributed by atoms with Gasteiger partial charge >= 0.3 is 12.1 Å². The van der Waals surface area contributed by atoms with E-state index in [9.17, 15) is 22.8 Å². The van der Waals surface area contributed by atoms with Gasteiger partial charge in [-0.3, -0.25) is 4.79 Å². The van der Waals surface area contributed by atoms with Gasteiger partial charge in [0.25, 0.3) is 5.91 Å². The van der Waals surface area contributed by atoms with Crippen LogP contribution < -0.4 is 5.32 Å². The summed E-state index contributed by atoms with van der Waals surface area (Å²) in [4.78, 5) is 23.5. The van der Waals surface area contributed by atoms with Crippen LogP contribution in [-0.4, -0.2) is 17.0 Å². The lowest BCUT2D eigenvalue weighted by Crippen LogP contribution is -2.12. The Hall–Kier alpha value is -3.55. The minimum atomic E-state index is -4.44. The molecule has 1 aromatic heterocycles. The van der Waals surface area contributed by atoms with Crippen LogP contribution in [-0.2, 0) is 6.18 Å². The van der Waals surface area contributed by atoms with Crippen molar-refractivity contribution in [2.24, 2.45) is 0 Å². The van der Waals surface area contributed by atoms with Gasteiger partial charge in [-0.25, -0.2) is 4.79 Å². The largest absolute Gasteiger partial charge is 0.478 e. The van der Waals surface area contributed by atoms with Gasteiger partial charge in [-0.1, -0.05) is 18.2 Å². The van der Waals surface area contributed by atoms with E-state index >= 15 is 0 Å². The second-order valence-electron chi connectivity index (χ2n) is 6.00. The first kappa shape index (κ1) is 19.2. The number of carbonyl (C=O) groups is 2. The van der Waals surface area contributed by atoms with Crippen molar-refractivity contribution in [3.05, 3.63) is 77.0 Å². The summed E-state index contributed by atoms with van der Waals surface area (Å²) in [6.45, 7) is 1.55. The fraction of sp³-hybridized carbons (Fsp3) is 0.100. The molecule has 0 spiro atoms. The number of hydrogen-bond acceptors (Lipinski definition) is 3. The monoisotopic (exact) mass is 389 g/mol. The molecule has 0 radical (unpaired) electrons. The Morgan fingerprint density at radius 1 is 1.04 bits per heavy atom. The Balaban J connectivity index is 1.83. The fourth-order valence-corrected chi connectivity index (χ4v) is 2.60. The molecule has 144 valence electrons. The molecule has 28 heavy (non-hydrogen) atoms. The van der Waals surface area contributed by atoms with Gasteiger partial charge in [-0.15, -0.1) is 0 Å². The number of nitrogens with one attached hydrogen (secondary N) is 1. The predicted molar refractivity (Wildman–Crippen MR) is 95.2 cm³/mol. The van der Waals surface area contributed by atoms with Gasteiger partial charge in [0, 0.05) is 11.3 Å². The molecule has 0 aliphatic carbocycles. The van der Waals surface area contributed by atoms with Crippen LogP contribution in [0.1, 0.15) is 32.0 Å². The van der Waals surface area contributed by atoms with Crippen molar-refractivity contribution in [1.29, 1.82) is 0 Å². The Morgan fingerprint density at radius 2 is 1.71 bits per heavy atom. The molecule has 3 rings (SSSR count). The third kappa shape index (κ3) is 4.06. The van der Waals surface area contributed by atoms with Gasteiger partial charge < -0.3 is 14.8 Å². The number of carbonyl (C=O) groups excluding carboxylic acids is 1. The van der Waals surface area contributed by atoms with Crippen LogP contribution in [0.4, 0.5) is 18.9 Å². The number of benzene rings is 2. The number of hydrogen-bond donors (Lipinski definition) is 2. The van der Waals surface area contributed by atoms with Crippen LogP contribution in [0.5, 0.6) is 0 Å². The Morgan fingerprint density at radius 3 is 2.32 bits per heavy atom. The molecule has 1 amide bonds.